The van der Waals surface area contributed by atoms with Crippen molar-refractivity contribution in [3.63, 3.8) is 0 Å². The van der Waals surface area contributed by atoms with E-state index in [4.69, 9.17) is 11.6 Å². The molecule has 0 radical (unpaired) electrons. The molecule has 0 saturated heterocycles. The Bertz CT molecular complexity index is 618. The van der Waals surface area contributed by atoms with E-state index in [-0.39, 0.29) is 17.5 Å². The number of rotatable bonds is 3. The van der Waals surface area contributed by atoms with Crippen molar-refractivity contribution < 1.29 is 22.0 Å². The third kappa shape index (κ3) is 2.93. The van der Waals surface area contributed by atoms with Gasteiger partial charge in [0.2, 0.25) is 0 Å². The third-order valence-electron chi connectivity index (χ3n) is 2.80. The van der Waals surface area contributed by atoms with Gasteiger partial charge in [0.25, 0.3) is 0 Å². The van der Waals surface area contributed by atoms with Crippen molar-refractivity contribution in [2.45, 2.75) is 11.8 Å². The summed E-state index contributed by atoms with van der Waals surface area (Å²) in [4.78, 5) is 0. The predicted molar refractivity (Wildman–Crippen MR) is 65.0 cm³/mol. The summed E-state index contributed by atoms with van der Waals surface area (Å²) in [5, 5.41) is -1.02. The molecule has 2 aromatic carbocycles. The lowest BCUT2D eigenvalue weighted by atomic mass is 10.0. The van der Waals surface area contributed by atoms with Gasteiger partial charge in [-0.25, -0.2) is 22.0 Å². The van der Waals surface area contributed by atoms with Gasteiger partial charge in [0.1, 0.15) is 0 Å². The quantitative estimate of drug-likeness (QED) is 0.429. The van der Waals surface area contributed by atoms with E-state index < -0.39 is 34.5 Å². The Morgan fingerprint density at radius 3 is 2.05 bits per heavy atom. The van der Waals surface area contributed by atoms with E-state index in [9.17, 15) is 22.0 Å². The van der Waals surface area contributed by atoms with Crippen molar-refractivity contribution in [1.29, 1.82) is 0 Å². The third-order valence-corrected chi connectivity index (χ3v) is 3.20. The van der Waals surface area contributed by atoms with Gasteiger partial charge >= 0.3 is 0 Å². The molecule has 0 spiro atoms. The van der Waals surface area contributed by atoms with Crippen molar-refractivity contribution in [1.82, 2.24) is 0 Å². The molecule has 0 aliphatic heterocycles. The first kappa shape index (κ1) is 14.8. The summed E-state index contributed by atoms with van der Waals surface area (Å²) in [5.41, 5.74) is -0.0816. The number of alkyl halides is 1. The maximum atomic E-state index is 13.5. The SMILES string of the molecule is Fc1cc(C(Cl)Cc2cccc(F)c2F)cc(F)c1F. The van der Waals surface area contributed by atoms with E-state index in [1.54, 1.807) is 0 Å². The largest absolute Gasteiger partial charge is 0.204 e. The minimum Gasteiger partial charge on any atom is -0.204 e. The van der Waals surface area contributed by atoms with Crippen LogP contribution >= 0.6 is 11.6 Å². The average molecular weight is 307 g/mol. The molecule has 1 atom stereocenters. The molecule has 20 heavy (non-hydrogen) atoms. The molecule has 0 aromatic heterocycles. The Balaban J connectivity index is 2.28. The Morgan fingerprint density at radius 1 is 0.850 bits per heavy atom. The standard InChI is InChI=1S/C14H8ClF5/c15-9(4-7-2-1-3-10(16)13(7)19)8-5-11(17)14(20)12(18)6-8/h1-3,5-6,9H,4H2. The zero-order chi connectivity index (χ0) is 14.9. The van der Waals surface area contributed by atoms with Gasteiger partial charge in [-0.05, 0) is 35.7 Å². The van der Waals surface area contributed by atoms with Gasteiger partial charge < -0.3 is 0 Å². The number of hydrogen-bond acceptors (Lipinski definition) is 0. The lowest BCUT2D eigenvalue weighted by Gasteiger charge is -2.11. The highest BCUT2D eigenvalue weighted by Gasteiger charge is 2.18. The van der Waals surface area contributed by atoms with Crippen LogP contribution in [0.5, 0.6) is 0 Å². The van der Waals surface area contributed by atoms with Crippen LogP contribution < -0.4 is 0 Å². The molecule has 106 valence electrons. The molecule has 6 heteroatoms. The fourth-order valence-electron chi connectivity index (χ4n) is 1.77. The Morgan fingerprint density at radius 2 is 1.45 bits per heavy atom. The number of hydrogen-bond donors (Lipinski definition) is 0. The molecular weight excluding hydrogens is 299 g/mol. The lowest BCUT2D eigenvalue weighted by Crippen LogP contribution is -2.03. The monoisotopic (exact) mass is 306 g/mol. The fourth-order valence-corrected chi connectivity index (χ4v) is 2.07. The first-order valence-electron chi connectivity index (χ1n) is 5.61. The van der Waals surface area contributed by atoms with Crippen molar-refractivity contribution in [3.05, 3.63) is 70.5 Å². The van der Waals surface area contributed by atoms with Gasteiger partial charge in [0, 0.05) is 0 Å². The van der Waals surface area contributed by atoms with E-state index in [1.165, 1.54) is 12.1 Å². The summed E-state index contributed by atoms with van der Waals surface area (Å²) in [5.74, 6) is -6.48. The molecule has 0 N–H and O–H groups in total. The highest BCUT2D eigenvalue weighted by atomic mass is 35.5. The summed E-state index contributed by atoms with van der Waals surface area (Å²) in [7, 11) is 0. The average Bonchev–Trinajstić information content (AvgIpc) is 2.40. The highest BCUT2D eigenvalue weighted by molar-refractivity contribution is 6.20. The molecule has 0 heterocycles. The summed E-state index contributed by atoms with van der Waals surface area (Å²) >= 11 is 5.92. The Hall–Kier alpha value is -1.62. The van der Waals surface area contributed by atoms with Crippen LogP contribution in [-0.4, -0.2) is 0 Å². The van der Waals surface area contributed by atoms with Gasteiger partial charge in [-0.3, -0.25) is 0 Å². The minimum absolute atomic E-state index is 0.0323. The van der Waals surface area contributed by atoms with Crippen molar-refractivity contribution in [2.75, 3.05) is 0 Å². The normalized spacial score (nSPS) is 12.5. The molecule has 2 aromatic rings. The molecule has 0 nitrogen and oxygen atoms in total. The summed E-state index contributed by atoms with van der Waals surface area (Å²) in [6.07, 6.45) is -0.185. The lowest BCUT2D eigenvalue weighted by molar-refractivity contribution is 0.444. The van der Waals surface area contributed by atoms with E-state index in [1.807, 2.05) is 0 Å². The van der Waals surface area contributed by atoms with Crippen molar-refractivity contribution in [2.24, 2.45) is 0 Å². The van der Waals surface area contributed by atoms with Crippen molar-refractivity contribution in [3.8, 4) is 0 Å². The molecular formula is C14H8ClF5. The predicted octanol–water partition coefficient (Wildman–Crippen LogP) is 4.90. The summed E-state index contributed by atoms with van der Waals surface area (Å²) in [6.45, 7) is 0. The molecule has 2 rings (SSSR count). The summed E-state index contributed by atoms with van der Waals surface area (Å²) in [6, 6.07) is 5.01. The second kappa shape index (κ2) is 5.79. The highest BCUT2D eigenvalue weighted by Crippen LogP contribution is 2.28. The molecule has 0 saturated carbocycles. The molecule has 1 unspecified atom stereocenters. The van der Waals surface area contributed by atoms with E-state index in [2.05, 4.69) is 0 Å². The fraction of sp³-hybridized carbons (Fsp3) is 0.143. The van der Waals surface area contributed by atoms with E-state index >= 15 is 0 Å². The Labute approximate surface area is 116 Å². The molecule has 0 bridgehead atoms. The molecule has 0 fully saturated rings. The zero-order valence-corrected chi connectivity index (χ0v) is 10.7. The number of halogens is 6. The van der Waals surface area contributed by atoms with Crippen molar-refractivity contribution >= 4 is 11.6 Å². The van der Waals surface area contributed by atoms with E-state index in [0.29, 0.717) is 0 Å². The maximum Gasteiger partial charge on any atom is 0.194 e. The van der Waals surface area contributed by atoms with Crippen LogP contribution in [0.15, 0.2) is 30.3 Å². The maximum absolute atomic E-state index is 13.5. The molecule has 0 aliphatic carbocycles. The van der Waals surface area contributed by atoms with Crippen LogP contribution in [0.4, 0.5) is 22.0 Å². The summed E-state index contributed by atoms with van der Waals surface area (Å²) < 4.78 is 65.4. The first-order valence-corrected chi connectivity index (χ1v) is 6.05. The molecule has 0 aliphatic rings. The van der Waals surface area contributed by atoms with Gasteiger partial charge in [-0.15, -0.1) is 11.6 Å². The van der Waals surface area contributed by atoms with Crippen LogP contribution in [0.3, 0.4) is 0 Å². The Kier molecular flexibility index (Phi) is 4.28. The minimum atomic E-state index is -1.60. The van der Waals surface area contributed by atoms with Gasteiger partial charge in [0.05, 0.1) is 5.38 Å². The second-order valence-electron chi connectivity index (χ2n) is 4.18. The topological polar surface area (TPSA) is 0 Å². The van der Waals surface area contributed by atoms with Crippen LogP contribution in [0.2, 0.25) is 0 Å². The van der Waals surface area contributed by atoms with Crippen LogP contribution in [0.25, 0.3) is 0 Å². The van der Waals surface area contributed by atoms with Crippen LogP contribution in [0.1, 0.15) is 16.5 Å². The van der Waals surface area contributed by atoms with Gasteiger partial charge in [0.15, 0.2) is 29.1 Å². The second-order valence-corrected chi connectivity index (χ2v) is 4.71. The zero-order valence-electron chi connectivity index (χ0n) is 9.94. The smallest absolute Gasteiger partial charge is 0.194 e. The van der Waals surface area contributed by atoms with E-state index in [0.717, 1.165) is 18.2 Å². The first-order chi connectivity index (χ1) is 9.40. The van der Waals surface area contributed by atoms with Gasteiger partial charge in [-0.2, -0.15) is 0 Å². The van der Waals surface area contributed by atoms with Crippen LogP contribution in [0, 0.1) is 29.1 Å². The number of benzene rings is 2. The van der Waals surface area contributed by atoms with Crippen LogP contribution in [-0.2, 0) is 6.42 Å². The van der Waals surface area contributed by atoms with Gasteiger partial charge in [-0.1, -0.05) is 12.1 Å². The molecule has 0 amide bonds.